The molecule has 0 aliphatic heterocycles. The quantitative estimate of drug-likeness (QED) is 0.266. The van der Waals surface area contributed by atoms with Crippen molar-refractivity contribution in [3.8, 4) is 0 Å². The molecule has 0 rings (SSSR count). The minimum atomic E-state index is 0.214. The van der Waals surface area contributed by atoms with Crippen molar-refractivity contribution < 1.29 is 10.2 Å². The Hall–Kier alpha value is -1.04. The van der Waals surface area contributed by atoms with Crippen LogP contribution in [-0.4, -0.2) is 41.4 Å². The molecule has 0 aromatic rings. The minimum Gasteiger partial charge on any atom is -0.569 e. The molecule has 6 nitrogen and oxygen atoms in total. The molecule has 0 aliphatic rings. The predicted octanol–water partition coefficient (Wildman–Crippen LogP) is 0.575. The monoisotopic (exact) mass is 190 g/mol. The van der Waals surface area contributed by atoms with Gasteiger partial charge in [0, 0.05) is 0 Å². The first-order chi connectivity index (χ1) is 6.26. The van der Waals surface area contributed by atoms with Crippen LogP contribution in [0.3, 0.4) is 0 Å². The Balaban J connectivity index is 3.60. The fourth-order valence-corrected chi connectivity index (χ4v) is 0.985. The third kappa shape index (κ3) is 5.24. The van der Waals surface area contributed by atoms with Gasteiger partial charge in [-0.2, -0.15) is 0 Å². The summed E-state index contributed by atoms with van der Waals surface area (Å²) in [6, 6.07) is 0. The summed E-state index contributed by atoms with van der Waals surface area (Å²) < 4.78 is 0. The van der Waals surface area contributed by atoms with Gasteiger partial charge in [0.15, 0.2) is 0 Å². The second-order valence-electron chi connectivity index (χ2n) is 2.60. The van der Waals surface area contributed by atoms with Crippen molar-refractivity contribution >= 4 is 0 Å². The zero-order chi connectivity index (χ0) is 10.1. The van der Waals surface area contributed by atoms with Crippen LogP contribution in [0.4, 0.5) is 0 Å². The average Bonchev–Trinajstić information content (AvgIpc) is 2.17. The van der Waals surface area contributed by atoms with Gasteiger partial charge < -0.3 is 15.7 Å². The molecule has 0 atom stereocenters. The first-order valence-corrected chi connectivity index (χ1v) is 4.54. The SMILES string of the molecule is CCNCCCN(CC)/[N+]([O-])=N/O. The lowest BCUT2D eigenvalue weighted by atomic mass is 10.4. The summed E-state index contributed by atoms with van der Waals surface area (Å²) in [5, 5.41) is 26.1. The van der Waals surface area contributed by atoms with Crippen LogP contribution in [0.1, 0.15) is 20.3 Å². The van der Waals surface area contributed by atoms with Crippen LogP contribution in [0.15, 0.2) is 5.28 Å². The Bertz CT molecular complexity index is 151. The number of hydrogen-bond donors (Lipinski definition) is 2. The summed E-state index contributed by atoms with van der Waals surface area (Å²) >= 11 is 0. The van der Waals surface area contributed by atoms with Crippen molar-refractivity contribution in [1.82, 2.24) is 10.3 Å². The molecule has 0 saturated carbocycles. The highest BCUT2D eigenvalue weighted by Crippen LogP contribution is 1.91. The van der Waals surface area contributed by atoms with Crippen molar-refractivity contribution in [2.24, 2.45) is 5.28 Å². The molecule has 2 N–H and O–H groups in total. The maximum absolute atomic E-state index is 10.8. The van der Waals surface area contributed by atoms with E-state index in [2.05, 4.69) is 10.6 Å². The lowest BCUT2D eigenvalue weighted by Gasteiger charge is -2.15. The highest BCUT2D eigenvalue weighted by atomic mass is 16.6. The molecule has 0 heterocycles. The fourth-order valence-electron chi connectivity index (χ4n) is 0.985. The molecule has 0 unspecified atom stereocenters. The second kappa shape index (κ2) is 7.60. The Morgan fingerprint density at radius 1 is 1.54 bits per heavy atom. The molecule has 0 saturated heterocycles. The lowest BCUT2D eigenvalue weighted by Crippen LogP contribution is -2.33. The van der Waals surface area contributed by atoms with Crippen molar-refractivity contribution in [3.63, 3.8) is 0 Å². The van der Waals surface area contributed by atoms with E-state index >= 15 is 0 Å². The summed E-state index contributed by atoms with van der Waals surface area (Å²) in [6.45, 7) is 6.80. The molecule has 0 amide bonds. The summed E-state index contributed by atoms with van der Waals surface area (Å²) in [6.07, 6.45) is 0.857. The van der Waals surface area contributed by atoms with Gasteiger partial charge in [0.1, 0.15) is 0 Å². The highest BCUT2D eigenvalue weighted by molar-refractivity contribution is 4.47. The Morgan fingerprint density at radius 3 is 2.69 bits per heavy atom. The topological polar surface area (TPSA) is 73.9 Å². The number of nitrogens with one attached hydrogen (secondary N) is 1. The van der Waals surface area contributed by atoms with Crippen LogP contribution in [0, 0.1) is 5.21 Å². The molecular formula is C7H18N4O2. The maximum Gasteiger partial charge on any atom is 0.230 e. The smallest absolute Gasteiger partial charge is 0.230 e. The van der Waals surface area contributed by atoms with Crippen LogP contribution in [0.25, 0.3) is 0 Å². The van der Waals surface area contributed by atoms with E-state index in [0.717, 1.165) is 19.5 Å². The molecule has 0 radical (unpaired) electrons. The Morgan fingerprint density at radius 2 is 2.23 bits per heavy atom. The standard InChI is InChI=1S/C7H18N4O2/c1-3-8-6-5-7-10(4-2)11(13)9-12/h8,12H,3-7H2,1-2H3/b11-9-. The largest absolute Gasteiger partial charge is 0.569 e. The van der Waals surface area contributed by atoms with E-state index < -0.39 is 0 Å². The zero-order valence-corrected chi connectivity index (χ0v) is 8.23. The van der Waals surface area contributed by atoms with E-state index in [1.54, 1.807) is 0 Å². The van der Waals surface area contributed by atoms with Crippen LogP contribution >= 0.6 is 0 Å². The summed E-state index contributed by atoms with van der Waals surface area (Å²) in [7, 11) is 0. The summed E-state index contributed by atoms with van der Waals surface area (Å²) in [5.41, 5.74) is 0. The number of rotatable bonds is 7. The molecule has 0 bridgehead atoms. The van der Waals surface area contributed by atoms with E-state index in [1.165, 1.54) is 5.01 Å². The molecule has 13 heavy (non-hydrogen) atoms. The van der Waals surface area contributed by atoms with Crippen molar-refractivity contribution in [2.75, 3.05) is 26.2 Å². The predicted molar refractivity (Wildman–Crippen MR) is 48.2 cm³/mol. The van der Waals surface area contributed by atoms with Gasteiger partial charge >= 0.3 is 0 Å². The van der Waals surface area contributed by atoms with Gasteiger partial charge in [-0.1, -0.05) is 6.92 Å². The average molecular weight is 190 g/mol. The van der Waals surface area contributed by atoms with E-state index in [4.69, 9.17) is 5.21 Å². The van der Waals surface area contributed by atoms with Crippen LogP contribution < -0.4 is 5.32 Å². The molecule has 78 valence electrons. The third-order valence-corrected chi connectivity index (χ3v) is 1.70. The molecule has 0 fully saturated rings. The van der Waals surface area contributed by atoms with E-state index in [-0.39, 0.29) is 4.97 Å². The molecule has 6 heteroatoms. The van der Waals surface area contributed by atoms with E-state index in [0.29, 0.717) is 13.1 Å². The first-order valence-electron chi connectivity index (χ1n) is 4.54. The summed E-state index contributed by atoms with van der Waals surface area (Å²) in [4.78, 5) is 0.214. The Labute approximate surface area is 78.4 Å². The van der Waals surface area contributed by atoms with Crippen molar-refractivity contribution in [2.45, 2.75) is 20.3 Å². The van der Waals surface area contributed by atoms with Gasteiger partial charge in [0.05, 0.1) is 18.1 Å². The number of hydrogen-bond acceptors (Lipinski definition) is 3. The van der Waals surface area contributed by atoms with Gasteiger partial charge in [-0.3, -0.25) is 0 Å². The van der Waals surface area contributed by atoms with Crippen LogP contribution in [0.2, 0.25) is 0 Å². The van der Waals surface area contributed by atoms with Gasteiger partial charge in [-0.15, -0.1) is 5.01 Å². The molecule has 0 aliphatic carbocycles. The van der Waals surface area contributed by atoms with Crippen molar-refractivity contribution in [3.05, 3.63) is 5.21 Å². The van der Waals surface area contributed by atoms with Crippen LogP contribution in [0.5, 0.6) is 0 Å². The summed E-state index contributed by atoms with van der Waals surface area (Å²) in [5.74, 6) is 0. The minimum absolute atomic E-state index is 0.214. The zero-order valence-electron chi connectivity index (χ0n) is 8.23. The van der Waals surface area contributed by atoms with Gasteiger partial charge in [0.2, 0.25) is 5.28 Å². The van der Waals surface area contributed by atoms with Gasteiger partial charge in [0.25, 0.3) is 0 Å². The number of hydrazine groups is 1. The molecule has 0 spiro atoms. The normalized spacial score (nSPS) is 11.7. The second-order valence-corrected chi connectivity index (χ2v) is 2.60. The first kappa shape index (κ1) is 12.0. The van der Waals surface area contributed by atoms with Crippen LogP contribution in [-0.2, 0) is 0 Å². The molecule has 0 aromatic carbocycles. The van der Waals surface area contributed by atoms with Gasteiger partial charge in [-0.05, 0) is 26.4 Å². The fraction of sp³-hybridized carbons (Fsp3) is 1.00. The van der Waals surface area contributed by atoms with Crippen molar-refractivity contribution in [1.29, 1.82) is 0 Å². The molecular weight excluding hydrogens is 172 g/mol. The lowest BCUT2D eigenvalue weighted by molar-refractivity contribution is -0.709. The number of nitrogens with zero attached hydrogens (tertiary/aromatic N) is 3. The maximum atomic E-state index is 10.8. The van der Waals surface area contributed by atoms with Gasteiger partial charge in [-0.25, -0.2) is 0 Å². The van der Waals surface area contributed by atoms with E-state index in [1.807, 2.05) is 13.8 Å². The van der Waals surface area contributed by atoms with E-state index in [9.17, 15) is 5.21 Å². The highest BCUT2D eigenvalue weighted by Gasteiger charge is 2.08. The molecule has 0 aromatic heterocycles. The Kier molecular flexibility index (Phi) is 6.99. The third-order valence-electron chi connectivity index (χ3n) is 1.70.